The normalized spacial score (nSPS) is 15.6. The van der Waals surface area contributed by atoms with Gasteiger partial charge in [0.05, 0.1) is 6.10 Å². The van der Waals surface area contributed by atoms with Crippen molar-refractivity contribution in [1.29, 1.82) is 0 Å². The van der Waals surface area contributed by atoms with Gasteiger partial charge in [0.25, 0.3) is 0 Å². The van der Waals surface area contributed by atoms with Gasteiger partial charge in [0, 0.05) is 6.61 Å². The van der Waals surface area contributed by atoms with Crippen LogP contribution in [0, 0.1) is 0 Å². The molecule has 0 heterocycles. The van der Waals surface area contributed by atoms with Crippen molar-refractivity contribution in [2.24, 2.45) is 0 Å². The number of carbonyl (C=O) groups excluding carboxylic acids is 1. The van der Waals surface area contributed by atoms with Gasteiger partial charge >= 0.3 is 0 Å². The Kier molecular flexibility index (Phi) is 5.96. The molecule has 0 aromatic carbocycles. The average Bonchev–Trinajstić information content (AvgIpc) is 2.14. The molecule has 3 heteroatoms. The van der Waals surface area contributed by atoms with Gasteiger partial charge < -0.3 is 9.47 Å². The number of rotatable bonds is 7. The highest BCUT2D eigenvalue weighted by Crippen LogP contribution is 2.16. The molecule has 0 saturated heterocycles. The Morgan fingerprint density at radius 1 is 1.36 bits per heavy atom. The molecule has 0 aromatic heterocycles. The van der Waals surface area contributed by atoms with Crippen molar-refractivity contribution in [2.75, 3.05) is 13.2 Å². The zero-order valence-electron chi connectivity index (χ0n) is 9.92. The molecule has 0 fully saturated rings. The molecular formula is C11H22O3. The molecule has 0 aromatic rings. The van der Waals surface area contributed by atoms with Crippen LogP contribution in [0.4, 0.5) is 0 Å². The lowest BCUT2D eigenvalue weighted by Crippen LogP contribution is -2.40. The fourth-order valence-electron chi connectivity index (χ4n) is 1.09. The van der Waals surface area contributed by atoms with Gasteiger partial charge in [-0.1, -0.05) is 6.92 Å². The molecule has 0 bridgehead atoms. The Bertz CT molecular complexity index is 177. The summed E-state index contributed by atoms with van der Waals surface area (Å²) in [6, 6.07) is 0. The molecule has 0 aliphatic rings. The molecule has 0 spiro atoms. The van der Waals surface area contributed by atoms with E-state index in [2.05, 4.69) is 0 Å². The van der Waals surface area contributed by atoms with E-state index in [0.29, 0.717) is 13.0 Å². The molecule has 0 aliphatic heterocycles. The topological polar surface area (TPSA) is 35.5 Å². The van der Waals surface area contributed by atoms with E-state index in [1.54, 1.807) is 0 Å². The summed E-state index contributed by atoms with van der Waals surface area (Å²) < 4.78 is 10.7. The summed E-state index contributed by atoms with van der Waals surface area (Å²) in [7, 11) is 0. The molecule has 0 radical (unpaired) electrons. The summed E-state index contributed by atoms with van der Waals surface area (Å²) in [5.74, 6) is 0.0237. The third-order valence-electron chi connectivity index (χ3n) is 2.28. The van der Waals surface area contributed by atoms with Crippen LogP contribution in [-0.2, 0) is 14.3 Å². The van der Waals surface area contributed by atoms with Crippen molar-refractivity contribution >= 4 is 5.78 Å². The van der Waals surface area contributed by atoms with E-state index in [-0.39, 0.29) is 18.5 Å². The summed E-state index contributed by atoms with van der Waals surface area (Å²) in [5.41, 5.74) is -0.677. The van der Waals surface area contributed by atoms with Crippen molar-refractivity contribution in [3.8, 4) is 0 Å². The minimum Gasteiger partial charge on any atom is -0.371 e. The zero-order valence-corrected chi connectivity index (χ0v) is 9.92. The molecule has 0 N–H and O–H groups in total. The SMILES string of the molecule is CCOC(C)(CC)C(=O)COC(C)C. The van der Waals surface area contributed by atoms with Crippen molar-refractivity contribution in [3.05, 3.63) is 0 Å². The molecule has 0 amide bonds. The number of ketones is 1. The molecule has 14 heavy (non-hydrogen) atoms. The summed E-state index contributed by atoms with van der Waals surface area (Å²) in [6.45, 7) is 10.2. The lowest BCUT2D eigenvalue weighted by Gasteiger charge is -2.26. The minimum atomic E-state index is -0.677. The van der Waals surface area contributed by atoms with E-state index >= 15 is 0 Å². The van der Waals surface area contributed by atoms with Crippen LogP contribution in [-0.4, -0.2) is 30.7 Å². The van der Waals surface area contributed by atoms with Gasteiger partial charge in [-0.25, -0.2) is 0 Å². The van der Waals surface area contributed by atoms with Crippen LogP contribution in [0.5, 0.6) is 0 Å². The molecule has 3 nitrogen and oxygen atoms in total. The Balaban J connectivity index is 4.16. The van der Waals surface area contributed by atoms with Crippen LogP contribution >= 0.6 is 0 Å². The number of ether oxygens (including phenoxy) is 2. The van der Waals surface area contributed by atoms with Crippen LogP contribution in [0.3, 0.4) is 0 Å². The fraction of sp³-hybridized carbons (Fsp3) is 0.909. The molecule has 84 valence electrons. The van der Waals surface area contributed by atoms with Crippen molar-refractivity contribution in [2.45, 2.75) is 52.7 Å². The Hall–Kier alpha value is -0.410. The highest BCUT2D eigenvalue weighted by atomic mass is 16.5. The van der Waals surface area contributed by atoms with Crippen LogP contribution in [0.2, 0.25) is 0 Å². The second-order valence-corrected chi connectivity index (χ2v) is 3.80. The van der Waals surface area contributed by atoms with Gasteiger partial charge in [-0.3, -0.25) is 4.79 Å². The standard InChI is InChI=1S/C11H22O3/c1-6-11(5,14-7-2)10(12)8-13-9(3)4/h9H,6-8H2,1-5H3. The van der Waals surface area contributed by atoms with Gasteiger partial charge in [-0.15, -0.1) is 0 Å². The first kappa shape index (κ1) is 13.6. The third kappa shape index (κ3) is 4.20. The molecule has 1 unspecified atom stereocenters. The highest BCUT2D eigenvalue weighted by molar-refractivity contribution is 5.88. The first-order chi connectivity index (χ1) is 6.46. The van der Waals surface area contributed by atoms with E-state index < -0.39 is 5.60 Å². The second kappa shape index (κ2) is 6.14. The van der Waals surface area contributed by atoms with Crippen molar-refractivity contribution in [1.82, 2.24) is 0 Å². The van der Waals surface area contributed by atoms with Crippen molar-refractivity contribution in [3.63, 3.8) is 0 Å². The smallest absolute Gasteiger partial charge is 0.189 e. The third-order valence-corrected chi connectivity index (χ3v) is 2.28. The van der Waals surface area contributed by atoms with Crippen LogP contribution < -0.4 is 0 Å². The fourth-order valence-corrected chi connectivity index (χ4v) is 1.09. The van der Waals surface area contributed by atoms with Crippen molar-refractivity contribution < 1.29 is 14.3 Å². The average molecular weight is 202 g/mol. The Morgan fingerprint density at radius 3 is 2.29 bits per heavy atom. The molecule has 1 atom stereocenters. The predicted octanol–water partition coefficient (Wildman–Crippen LogP) is 2.19. The predicted molar refractivity (Wildman–Crippen MR) is 56.4 cm³/mol. The lowest BCUT2D eigenvalue weighted by atomic mass is 9.98. The maximum Gasteiger partial charge on any atom is 0.189 e. The molecule has 0 aliphatic carbocycles. The minimum absolute atomic E-state index is 0.0237. The summed E-state index contributed by atoms with van der Waals surface area (Å²) >= 11 is 0. The lowest BCUT2D eigenvalue weighted by molar-refractivity contribution is -0.148. The Morgan fingerprint density at radius 2 is 1.93 bits per heavy atom. The first-order valence-electron chi connectivity index (χ1n) is 5.25. The van der Waals surface area contributed by atoms with Gasteiger partial charge in [-0.2, -0.15) is 0 Å². The first-order valence-corrected chi connectivity index (χ1v) is 5.25. The molecule has 0 saturated carbocycles. The largest absolute Gasteiger partial charge is 0.371 e. The van der Waals surface area contributed by atoms with E-state index in [1.165, 1.54) is 0 Å². The second-order valence-electron chi connectivity index (χ2n) is 3.80. The summed E-state index contributed by atoms with van der Waals surface area (Å²) in [4.78, 5) is 11.7. The van der Waals surface area contributed by atoms with E-state index in [1.807, 2.05) is 34.6 Å². The number of carbonyl (C=O) groups is 1. The van der Waals surface area contributed by atoms with Gasteiger partial charge in [0.1, 0.15) is 12.2 Å². The van der Waals surface area contributed by atoms with Gasteiger partial charge in [0.2, 0.25) is 0 Å². The van der Waals surface area contributed by atoms with Crippen LogP contribution in [0.15, 0.2) is 0 Å². The van der Waals surface area contributed by atoms with Gasteiger partial charge in [0.15, 0.2) is 5.78 Å². The quantitative estimate of drug-likeness (QED) is 0.635. The zero-order chi connectivity index (χ0) is 11.2. The molecular weight excluding hydrogens is 180 g/mol. The summed E-state index contributed by atoms with van der Waals surface area (Å²) in [5, 5.41) is 0. The number of hydrogen-bond acceptors (Lipinski definition) is 3. The van der Waals surface area contributed by atoms with Gasteiger partial charge in [-0.05, 0) is 34.1 Å². The highest BCUT2D eigenvalue weighted by Gasteiger charge is 2.31. The van der Waals surface area contributed by atoms with E-state index in [0.717, 1.165) is 0 Å². The maximum absolute atomic E-state index is 11.7. The Labute approximate surface area is 86.8 Å². The van der Waals surface area contributed by atoms with Crippen LogP contribution in [0.1, 0.15) is 41.0 Å². The van der Waals surface area contributed by atoms with E-state index in [4.69, 9.17) is 9.47 Å². The number of Topliss-reactive ketones (excluding diaryl/α,β-unsaturated/α-hetero) is 1. The monoisotopic (exact) mass is 202 g/mol. The maximum atomic E-state index is 11.7. The molecule has 0 rings (SSSR count). The number of hydrogen-bond donors (Lipinski definition) is 0. The van der Waals surface area contributed by atoms with Crippen LogP contribution in [0.25, 0.3) is 0 Å². The van der Waals surface area contributed by atoms with E-state index in [9.17, 15) is 4.79 Å². The summed E-state index contributed by atoms with van der Waals surface area (Å²) in [6.07, 6.45) is 0.767.